The van der Waals surface area contributed by atoms with Gasteiger partial charge in [0.2, 0.25) is 0 Å². The van der Waals surface area contributed by atoms with Crippen molar-refractivity contribution in [3.05, 3.63) is 59.8 Å². The van der Waals surface area contributed by atoms with Crippen molar-refractivity contribution in [2.45, 2.75) is 0 Å². The zero-order valence-corrected chi connectivity index (χ0v) is 10.2. The molecule has 0 radical (unpaired) electrons. The van der Waals surface area contributed by atoms with E-state index >= 15 is 0 Å². The molecule has 3 aromatic rings. The Morgan fingerprint density at radius 2 is 1.67 bits per heavy atom. The van der Waals surface area contributed by atoms with E-state index in [2.05, 4.69) is 33.7 Å². The van der Waals surface area contributed by atoms with Crippen LogP contribution in [0.3, 0.4) is 0 Å². The molecule has 0 saturated heterocycles. The fourth-order valence-corrected chi connectivity index (χ4v) is 1.96. The predicted octanol–water partition coefficient (Wildman–Crippen LogP) is 4.03. The lowest BCUT2D eigenvalue weighted by Crippen LogP contribution is -1.95. The molecule has 0 aliphatic carbocycles. The van der Waals surface area contributed by atoms with Gasteiger partial charge in [0.1, 0.15) is 0 Å². The summed E-state index contributed by atoms with van der Waals surface area (Å²) < 4.78 is 0. The molecule has 0 fully saturated rings. The molecule has 18 heavy (non-hydrogen) atoms. The van der Waals surface area contributed by atoms with E-state index in [1.165, 1.54) is 5.39 Å². The molecular formula is C14H10ClN3. The number of aromatic nitrogens is 2. The van der Waals surface area contributed by atoms with Crippen LogP contribution in [0, 0.1) is 0 Å². The zero-order chi connectivity index (χ0) is 12.4. The number of hydrogen-bond donors (Lipinski definition) is 1. The number of anilines is 2. The molecule has 0 atom stereocenters. The molecule has 1 aromatic heterocycles. The maximum Gasteiger partial charge on any atom is 0.153 e. The molecule has 2 aromatic carbocycles. The molecule has 1 heterocycles. The Hall–Kier alpha value is -2.13. The van der Waals surface area contributed by atoms with E-state index in [1.54, 1.807) is 12.1 Å². The number of rotatable bonds is 2. The maximum absolute atomic E-state index is 5.71. The zero-order valence-electron chi connectivity index (χ0n) is 9.47. The molecule has 0 aliphatic heterocycles. The summed E-state index contributed by atoms with van der Waals surface area (Å²) >= 11 is 5.71. The van der Waals surface area contributed by atoms with Crippen molar-refractivity contribution in [2.24, 2.45) is 0 Å². The van der Waals surface area contributed by atoms with Crippen molar-refractivity contribution in [1.29, 1.82) is 0 Å². The van der Waals surface area contributed by atoms with Crippen LogP contribution in [0.5, 0.6) is 0 Å². The van der Waals surface area contributed by atoms with Gasteiger partial charge in [-0.05, 0) is 23.6 Å². The van der Waals surface area contributed by atoms with Crippen LogP contribution in [0.4, 0.5) is 11.5 Å². The van der Waals surface area contributed by atoms with Crippen LogP contribution in [0.1, 0.15) is 0 Å². The minimum atomic E-state index is 0.387. The van der Waals surface area contributed by atoms with E-state index in [1.807, 2.05) is 24.3 Å². The van der Waals surface area contributed by atoms with Gasteiger partial charge in [-0.15, -0.1) is 10.2 Å². The van der Waals surface area contributed by atoms with Gasteiger partial charge in [0.25, 0.3) is 0 Å². The number of halogens is 1. The molecule has 0 saturated carbocycles. The SMILES string of the molecule is Clc1ccc(Nc2cccc3ccccc23)nn1. The maximum atomic E-state index is 5.71. The molecule has 3 nitrogen and oxygen atoms in total. The third kappa shape index (κ3) is 2.13. The Morgan fingerprint density at radius 3 is 2.50 bits per heavy atom. The molecule has 1 N–H and O–H groups in total. The Labute approximate surface area is 109 Å². The average molecular weight is 256 g/mol. The number of nitrogens with one attached hydrogen (secondary N) is 1. The van der Waals surface area contributed by atoms with Crippen LogP contribution in [-0.4, -0.2) is 10.2 Å². The quantitative estimate of drug-likeness (QED) is 0.751. The molecule has 0 amide bonds. The minimum absolute atomic E-state index is 0.387. The van der Waals surface area contributed by atoms with Gasteiger partial charge in [0.15, 0.2) is 11.0 Å². The summed E-state index contributed by atoms with van der Waals surface area (Å²) in [6.45, 7) is 0. The molecule has 0 bridgehead atoms. The fraction of sp³-hybridized carbons (Fsp3) is 0. The van der Waals surface area contributed by atoms with E-state index in [-0.39, 0.29) is 0 Å². The Balaban J connectivity index is 2.02. The van der Waals surface area contributed by atoms with Gasteiger partial charge < -0.3 is 5.32 Å². The molecule has 88 valence electrons. The third-order valence-corrected chi connectivity index (χ3v) is 2.89. The molecule has 0 unspecified atom stereocenters. The largest absolute Gasteiger partial charge is 0.338 e. The minimum Gasteiger partial charge on any atom is -0.338 e. The summed E-state index contributed by atoms with van der Waals surface area (Å²) in [5.74, 6) is 0.677. The third-order valence-electron chi connectivity index (χ3n) is 2.68. The first-order valence-electron chi connectivity index (χ1n) is 5.57. The van der Waals surface area contributed by atoms with Crippen LogP contribution in [0.15, 0.2) is 54.6 Å². The first-order chi connectivity index (χ1) is 8.83. The second kappa shape index (κ2) is 4.63. The lowest BCUT2D eigenvalue weighted by Gasteiger charge is -2.08. The van der Waals surface area contributed by atoms with Crippen molar-refractivity contribution in [3.63, 3.8) is 0 Å². The van der Waals surface area contributed by atoms with Gasteiger partial charge in [-0.2, -0.15) is 0 Å². The number of nitrogens with zero attached hydrogens (tertiary/aromatic N) is 2. The number of benzene rings is 2. The van der Waals surface area contributed by atoms with Gasteiger partial charge >= 0.3 is 0 Å². The van der Waals surface area contributed by atoms with E-state index in [0.717, 1.165) is 11.1 Å². The summed E-state index contributed by atoms with van der Waals surface area (Å²) in [7, 11) is 0. The lowest BCUT2D eigenvalue weighted by atomic mass is 10.1. The lowest BCUT2D eigenvalue weighted by molar-refractivity contribution is 1.04. The first-order valence-corrected chi connectivity index (χ1v) is 5.95. The topological polar surface area (TPSA) is 37.8 Å². The normalized spacial score (nSPS) is 10.5. The summed E-state index contributed by atoms with van der Waals surface area (Å²) in [6.07, 6.45) is 0. The highest BCUT2D eigenvalue weighted by molar-refractivity contribution is 6.29. The fourth-order valence-electron chi connectivity index (χ4n) is 1.86. The highest BCUT2D eigenvalue weighted by atomic mass is 35.5. The standard InChI is InChI=1S/C14H10ClN3/c15-13-8-9-14(18-17-13)16-12-7-3-5-10-4-1-2-6-11(10)12/h1-9H,(H,16,18). The molecule has 0 spiro atoms. The van der Waals surface area contributed by atoms with E-state index in [0.29, 0.717) is 11.0 Å². The van der Waals surface area contributed by atoms with Crippen LogP contribution in [-0.2, 0) is 0 Å². The van der Waals surface area contributed by atoms with Gasteiger partial charge in [-0.3, -0.25) is 0 Å². The Morgan fingerprint density at radius 1 is 0.833 bits per heavy atom. The molecule has 4 heteroatoms. The van der Waals surface area contributed by atoms with Gasteiger partial charge in [-0.25, -0.2) is 0 Å². The van der Waals surface area contributed by atoms with Crippen molar-refractivity contribution in [3.8, 4) is 0 Å². The molecule has 0 aliphatic rings. The summed E-state index contributed by atoms with van der Waals surface area (Å²) in [4.78, 5) is 0. The van der Waals surface area contributed by atoms with Crippen LogP contribution in [0.25, 0.3) is 10.8 Å². The second-order valence-electron chi connectivity index (χ2n) is 3.89. The smallest absolute Gasteiger partial charge is 0.153 e. The summed E-state index contributed by atoms with van der Waals surface area (Å²) in [5.41, 5.74) is 1.00. The first kappa shape index (κ1) is 11.0. The van der Waals surface area contributed by atoms with Gasteiger partial charge in [-0.1, -0.05) is 48.0 Å². The molecule has 3 rings (SSSR count). The van der Waals surface area contributed by atoms with Crippen molar-refractivity contribution >= 4 is 33.9 Å². The Kier molecular flexibility index (Phi) is 2.82. The number of hydrogen-bond acceptors (Lipinski definition) is 3. The average Bonchev–Trinajstić information content (AvgIpc) is 2.42. The van der Waals surface area contributed by atoms with Crippen LogP contribution < -0.4 is 5.32 Å². The van der Waals surface area contributed by atoms with Crippen LogP contribution >= 0.6 is 11.6 Å². The number of fused-ring (bicyclic) bond motifs is 1. The monoisotopic (exact) mass is 255 g/mol. The molecular weight excluding hydrogens is 246 g/mol. The van der Waals surface area contributed by atoms with Crippen LogP contribution in [0.2, 0.25) is 5.15 Å². The van der Waals surface area contributed by atoms with Crippen molar-refractivity contribution in [2.75, 3.05) is 5.32 Å². The van der Waals surface area contributed by atoms with Crippen molar-refractivity contribution < 1.29 is 0 Å². The summed E-state index contributed by atoms with van der Waals surface area (Å²) in [6, 6.07) is 17.8. The van der Waals surface area contributed by atoms with E-state index < -0.39 is 0 Å². The predicted molar refractivity (Wildman–Crippen MR) is 74.3 cm³/mol. The highest BCUT2D eigenvalue weighted by Gasteiger charge is 2.01. The second-order valence-corrected chi connectivity index (χ2v) is 4.28. The highest BCUT2D eigenvalue weighted by Crippen LogP contribution is 2.25. The Bertz CT molecular complexity index is 675. The van der Waals surface area contributed by atoms with Gasteiger partial charge in [0, 0.05) is 11.1 Å². The van der Waals surface area contributed by atoms with Gasteiger partial charge in [0.05, 0.1) is 0 Å². The summed E-state index contributed by atoms with van der Waals surface area (Å²) in [5, 5.41) is 13.8. The van der Waals surface area contributed by atoms with E-state index in [9.17, 15) is 0 Å². The van der Waals surface area contributed by atoms with Crippen molar-refractivity contribution in [1.82, 2.24) is 10.2 Å². The van der Waals surface area contributed by atoms with E-state index in [4.69, 9.17) is 11.6 Å².